The molecule has 0 aromatic carbocycles. The molecule has 2 heterocycles. The highest BCUT2D eigenvalue weighted by Crippen LogP contribution is 2.28. The van der Waals surface area contributed by atoms with Gasteiger partial charge in [0, 0.05) is 12.2 Å². The van der Waals surface area contributed by atoms with Gasteiger partial charge in [-0.1, -0.05) is 44.7 Å². The fourth-order valence-corrected chi connectivity index (χ4v) is 3.00. The highest BCUT2D eigenvalue weighted by Gasteiger charge is 2.19. The van der Waals surface area contributed by atoms with E-state index in [0.717, 1.165) is 36.3 Å². The standard InChI is InChI=1S/C15H21Cl2N3/c1-3-5-7-12(6-4-2)20-14(9-16)19-13-8-11(17)10-18-15(13)20/h8,10,12H,3-7,9H2,1-2H3. The molecule has 0 amide bonds. The molecule has 0 aliphatic carbocycles. The monoisotopic (exact) mass is 313 g/mol. The van der Waals surface area contributed by atoms with Gasteiger partial charge < -0.3 is 4.57 Å². The molecule has 1 atom stereocenters. The van der Waals surface area contributed by atoms with Crippen LogP contribution >= 0.6 is 23.2 Å². The van der Waals surface area contributed by atoms with Crippen molar-refractivity contribution < 1.29 is 0 Å². The van der Waals surface area contributed by atoms with Gasteiger partial charge in [0.15, 0.2) is 5.65 Å². The molecule has 0 aliphatic rings. The van der Waals surface area contributed by atoms with Crippen LogP contribution in [0.2, 0.25) is 5.02 Å². The summed E-state index contributed by atoms with van der Waals surface area (Å²) in [6.07, 6.45) is 7.50. The fourth-order valence-electron chi connectivity index (χ4n) is 2.66. The lowest BCUT2D eigenvalue weighted by atomic mass is 10.0. The predicted octanol–water partition coefficient (Wildman–Crippen LogP) is 5.35. The molecular weight excluding hydrogens is 293 g/mol. The van der Waals surface area contributed by atoms with Crippen LogP contribution in [-0.2, 0) is 5.88 Å². The number of hydrogen-bond acceptors (Lipinski definition) is 2. The van der Waals surface area contributed by atoms with Crippen molar-refractivity contribution in [3.05, 3.63) is 23.1 Å². The lowest BCUT2D eigenvalue weighted by molar-refractivity contribution is 0.416. The average molecular weight is 314 g/mol. The van der Waals surface area contributed by atoms with Crippen molar-refractivity contribution in [3.63, 3.8) is 0 Å². The summed E-state index contributed by atoms with van der Waals surface area (Å²) in [6.45, 7) is 4.43. The topological polar surface area (TPSA) is 30.7 Å². The van der Waals surface area contributed by atoms with E-state index in [-0.39, 0.29) is 0 Å². The molecule has 2 aromatic rings. The Bertz CT molecular complexity index is 565. The second-order valence-corrected chi connectivity index (χ2v) is 5.82. The second kappa shape index (κ2) is 7.28. The van der Waals surface area contributed by atoms with Gasteiger partial charge in [0.2, 0.25) is 0 Å². The molecule has 0 saturated heterocycles. The molecule has 0 bridgehead atoms. The Hall–Kier alpha value is -0.800. The van der Waals surface area contributed by atoms with Gasteiger partial charge in [0.05, 0.1) is 10.9 Å². The van der Waals surface area contributed by atoms with Crippen molar-refractivity contribution in [2.45, 2.75) is 57.9 Å². The summed E-state index contributed by atoms with van der Waals surface area (Å²) in [5.74, 6) is 1.30. The molecule has 0 radical (unpaired) electrons. The van der Waals surface area contributed by atoms with Crippen LogP contribution in [0.3, 0.4) is 0 Å². The summed E-state index contributed by atoms with van der Waals surface area (Å²) in [5.41, 5.74) is 1.74. The van der Waals surface area contributed by atoms with E-state index in [9.17, 15) is 0 Å². The third-order valence-electron chi connectivity index (χ3n) is 3.57. The number of aromatic nitrogens is 3. The lowest BCUT2D eigenvalue weighted by Gasteiger charge is -2.20. The summed E-state index contributed by atoms with van der Waals surface area (Å²) >= 11 is 12.1. The molecule has 0 aliphatic heterocycles. The van der Waals surface area contributed by atoms with E-state index >= 15 is 0 Å². The maximum atomic E-state index is 6.08. The molecule has 0 fully saturated rings. The van der Waals surface area contributed by atoms with E-state index in [4.69, 9.17) is 23.2 Å². The van der Waals surface area contributed by atoms with Gasteiger partial charge in [-0.25, -0.2) is 9.97 Å². The van der Waals surface area contributed by atoms with Crippen LogP contribution in [0, 0.1) is 0 Å². The van der Waals surface area contributed by atoms with Crippen molar-refractivity contribution in [3.8, 4) is 0 Å². The first-order valence-corrected chi connectivity index (χ1v) is 8.20. The number of rotatable bonds is 7. The Morgan fingerprint density at radius 3 is 2.70 bits per heavy atom. The van der Waals surface area contributed by atoms with Crippen LogP contribution in [0.25, 0.3) is 11.2 Å². The molecule has 2 rings (SSSR count). The molecule has 2 aromatic heterocycles. The Morgan fingerprint density at radius 2 is 2.05 bits per heavy atom. The first-order valence-electron chi connectivity index (χ1n) is 7.29. The molecule has 1 unspecified atom stereocenters. The smallest absolute Gasteiger partial charge is 0.160 e. The van der Waals surface area contributed by atoms with Gasteiger partial charge in [0.25, 0.3) is 0 Å². The normalized spacial score (nSPS) is 13.0. The van der Waals surface area contributed by atoms with E-state index in [1.54, 1.807) is 6.20 Å². The third kappa shape index (κ3) is 3.26. The van der Waals surface area contributed by atoms with Gasteiger partial charge in [0.1, 0.15) is 11.3 Å². The SMILES string of the molecule is CCCCC(CCC)n1c(CCl)nc2cc(Cl)cnc21. The largest absolute Gasteiger partial charge is 0.309 e. The molecule has 0 saturated carbocycles. The van der Waals surface area contributed by atoms with Crippen LogP contribution in [0.5, 0.6) is 0 Å². The summed E-state index contributed by atoms with van der Waals surface area (Å²) < 4.78 is 2.22. The van der Waals surface area contributed by atoms with Crippen molar-refractivity contribution >= 4 is 34.4 Å². The number of alkyl halides is 1. The quantitative estimate of drug-likeness (QED) is 0.645. The average Bonchev–Trinajstić information content (AvgIpc) is 2.80. The van der Waals surface area contributed by atoms with Crippen LogP contribution in [0.4, 0.5) is 0 Å². The Labute approximate surface area is 130 Å². The zero-order valence-corrected chi connectivity index (χ0v) is 13.6. The highest BCUT2D eigenvalue weighted by atomic mass is 35.5. The number of fused-ring (bicyclic) bond motifs is 1. The van der Waals surface area contributed by atoms with Crippen molar-refractivity contribution in [2.24, 2.45) is 0 Å². The third-order valence-corrected chi connectivity index (χ3v) is 4.01. The maximum absolute atomic E-state index is 6.08. The Kier molecular flexibility index (Phi) is 5.67. The second-order valence-electron chi connectivity index (χ2n) is 5.11. The maximum Gasteiger partial charge on any atom is 0.160 e. The summed E-state index contributed by atoms with van der Waals surface area (Å²) in [6, 6.07) is 2.28. The minimum atomic E-state index is 0.403. The predicted molar refractivity (Wildman–Crippen MR) is 85.6 cm³/mol. The number of unbranched alkanes of at least 4 members (excludes halogenated alkanes) is 1. The number of imidazole rings is 1. The van der Waals surface area contributed by atoms with Crippen LogP contribution in [-0.4, -0.2) is 14.5 Å². The van der Waals surface area contributed by atoms with Crippen LogP contribution in [0.15, 0.2) is 12.3 Å². The Morgan fingerprint density at radius 1 is 1.25 bits per heavy atom. The minimum Gasteiger partial charge on any atom is -0.309 e. The van der Waals surface area contributed by atoms with E-state index in [2.05, 4.69) is 28.4 Å². The minimum absolute atomic E-state index is 0.403. The van der Waals surface area contributed by atoms with Gasteiger partial charge in [-0.05, 0) is 18.9 Å². The number of halogens is 2. The van der Waals surface area contributed by atoms with Gasteiger partial charge in [-0.3, -0.25) is 0 Å². The molecular formula is C15H21Cl2N3. The first-order chi connectivity index (χ1) is 9.71. The van der Waals surface area contributed by atoms with Gasteiger partial charge >= 0.3 is 0 Å². The van der Waals surface area contributed by atoms with Gasteiger partial charge in [-0.2, -0.15) is 0 Å². The van der Waals surface area contributed by atoms with Crippen molar-refractivity contribution in [1.82, 2.24) is 14.5 Å². The molecule has 0 spiro atoms. The number of hydrogen-bond donors (Lipinski definition) is 0. The summed E-state index contributed by atoms with van der Waals surface area (Å²) in [5, 5.41) is 0.615. The van der Waals surface area contributed by atoms with E-state index in [0.29, 0.717) is 16.9 Å². The van der Waals surface area contributed by atoms with Crippen LogP contribution < -0.4 is 0 Å². The van der Waals surface area contributed by atoms with E-state index in [1.807, 2.05) is 6.07 Å². The highest BCUT2D eigenvalue weighted by molar-refractivity contribution is 6.31. The lowest BCUT2D eigenvalue weighted by Crippen LogP contribution is -2.12. The molecule has 20 heavy (non-hydrogen) atoms. The first kappa shape index (κ1) is 15.6. The van der Waals surface area contributed by atoms with E-state index in [1.165, 1.54) is 12.8 Å². The van der Waals surface area contributed by atoms with Crippen molar-refractivity contribution in [1.29, 1.82) is 0 Å². The molecule has 0 N–H and O–H groups in total. The molecule has 3 nitrogen and oxygen atoms in total. The zero-order valence-electron chi connectivity index (χ0n) is 12.1. The van der Waals surface area contributed by atoms with Crippen molar-refractivity contribution in [2.75, 3.05) is 0 Å². The fraction of sp³-hybridized carbons (Fsp3) is 0.600. The molecule has 110 valence electrons. The number of nitrogens with zero attached hydrogens (tertiary/aromatic N) is 3. The summed E-state index contributed by atoms with van der Waals surface area (Å²) in [7, 11) is 0. The number of pyridine rings is 1. The van der Waals surface area contributed by atoms with Crippen LogP contribution in [0.1, 0.15) is 57.8 Å². The summed E-state index contributed by atoms with van der Waals surface area (Å²) in [4.78, 5) is 9.06. The zero-order chi connectivity index (χ0) is 14.5. The molecule has 5 heteroatoms. The van der Waals surface area contributed by atoms with E-state index < -0.39 is 0 Å². The Balaban J connectivity index is 2.47. The van der Waals surface area contributed by atoms with Gasteiger partial charge in [-0.15, -0.1) is 11.6 Å².